The van der Waals surface area contributed by atoms with Gasteiger partial charge in [0.25, 0.3) is 0 Å². The molecule has 0 unspecified atom stereocenters. The summed E-state index contributed by atoms with van der Waals surface area (Å²) in [4.78, 5) is 21.3. The lowest BCUT2D eigenvalue weighted by atomic mass is 9.97. The third-order valence-electron chi connectivity index (χ3n) is 6.27. The normalized spacial score (nSPS) is 16.3. The van der Waals surface area contributed by atoms with Gasteiger partial charge in [0.2, 0.25) is 5.91 Å². The van der Waals surface area contributed by atoms with Crippen LogP contribution in [-0.4, -0.2) is 54.4 Å². The van der Waals surface area contributed by atoms with Gasteiger partial charge in [0.15, 0.2) is 0 Å². The molecule has 1 saturated carbocycles. The van der Waals surface area contributed by atoms with Gasteiger partial charge >= 0.3 is 0 Å². The summed E-state index contributed by atoms with van der Waals surface area (Å²) in [6, 6.07) is 8.62. The van der Waals surface area contributed by atoms with Crippen LogP contribution in [0.5, 0.6) is 0 Å². The fourth-order valence-corrected chi connectivity index (χ4v) is 4.28. The van der Waals surface area contributed by atoms with E-state index in [1.54, 1.807) is 6.20 Å². The first-order valence-corrected chi connectivity index (χ1v) is 11.6. The van der Waals surface area contributed by atoms with Crippen LogP contribution in [0.2, 0.25) is 0 Å². The van der Waals surface area contributed by atoms with Gasteiger partial charge in [-0.2, -0.15) is 0 Å². The minimum absolute atomic E-state index is 0.0106. The zero-order chi connectivity index (χ0) is 21.8. The van der Waals surface area contributed by atoms with E-state index < -0.39 is 0 Å². The number of likely N-dealkylation sites (N-methyl/N-ethyl adjacent to an activating group) is 1. The molecule has 0 bridgehead atoms. The Morgan fingerprint density at radius 2 is 2.06 bits per heavy atom. The van der Waals surface area contributed by atoms with E-state index in [1.807, 2.05) is 13.0 Å². The van der Waals surface area contributed by atoms with Gasteiger partial charge in [-0.05, 0) is 69.0 Å². The molecule has 2 heterocycles. The van der Waals surface area contributed by atoms with Crippen LogP contribution in [0.1, 0.15) is 42.9 Å². The van der Waals surface area contributed by atoms with Crippen molar-refractivity contribution in [2.75, 3.05) is 44.4 Å². The zero-order valence-corrected chi connectivity index (χ0v) is 19.1. The number of nitrogens with one attached hydrogen (secondary N) is 2. The molecule has 4 rings (SSSR count). The molecule has 1 aliphatic heterocycles. The number of hydrogen-bond donors (Lipinski definition) is 2. The molecule has 0 saturated heterocycles. The first-order valence-electron chi connectivity index (χ1n) is 11.6. The topological polar surface area (TPSA) is 60.5 Å². The monoisotopic (exact) mass is 421 g/mol. The third kappa shape index (κ3) is 5.63. The zero-order valence-electron chi connectivity index (χ0n) is 19.1. The minimum atomic E-state index is -0.0106. The smallest absolute Gasteiger partial charge is 0.225 e. The van der Waals surface area contributed by atoms with Crippen molar-refractivity contribution in [1.29, 1.82) is 0 Å². The molecule has 0 radical (unpaired) electrons. The van der Waals surface area contributed by atoms with Crippen LogP contribution in [0.15, 0.2) is 30.5 Å². The maximum Gasteiger partial charge on any atom is 0.225 e. The van der Waals surface area contributed by atoms with Crippen LogP contribution in [0.3, 0.4) is 0 Å². The quantitative estimate of drug-likeness (QED) is 0.640. The summed E-state index contributed by atoms with van der Waals surface area (Å²) in [5, 5.41) is 6.68. The molecule has 6 heteroatoms. The van der Waals surface area contributed by atoms with Gasteiger partial charge < -0.3 is 15.5 Å². The van der Waals surface area contributed by atoms with Crippen molar-refractivity contribution in [2.24, 2.45) is 5.92 Å². The number of carbonyl (C=O) groups is 1. The second-order valence-electron chi connectivity index (χ2n) is 9.14. The summed E-state index contributed by atoms with van der Waals surface area (Å²) >= 11 is 0. The SMILES string of the molecule is CCC(=O)Nc1nccc(Nc2cccc3c2CCN(CC2CC2)C3)c1CCN(C)C. The predicted molar refractivity (Wildman–Crippen MR) is 127 cm³/mol. The molecule has 166 valence electrons. The van der Waals surface area contributed by atoms with E-state index in [4.69, 9.17) is 0 Å². The summed E-state index contributed by atoms with van der Waals surface area (Å²) in [5.74, 6) is 1.58. The molecule has 2 N–H and O–H groups in total. The Hall–Kier alpha value is -2.44. The summed E-state index contributed by atoms with van der Waals surface area (Å²) in [5.41, 5.74) is 6.11. The Labute approximate surface area is 186 Å². The average Bonchev–Trinajstić information content (AvgIpc) is 3.57. The Morgan fingerprint density at radius 3 is 2.81 bits per heavy atom. The van der Waals surface area contributed by atoms with E-state index in [-0.39, 0.29) is 5.91 Å². The average molecular weight is 422 g/mol. The van der Waals surface area contributed by atoms with Crippen molar-refractivity contribution in [3.8, 4) is 0 Å². The lowest BCUT2D eigenvalue weighted by Gasteiger charge is -2.30. The Bertz CT molecular complexity index is 922. The number of nitrogens with zero attached hydrogens (tertiary/aromatic N) is 3. The molecule has 1 fully saturated rings. The first kappa shape index (κ1) is 21.8. The second kappa shape index (κ2) is 9.79. The highest BCUT2D eigenvalue weighted by atomic mass is 16.1. The van der Waals surface area contributed by atoms with Crippen molar-refractivity contribution in [3.05, 3.63) is 47.2 Å². The van der Waals surface area contributed by atoms with Crippen molar-refractivity contribution >= 4 is 23.1 Å². The lowest BCUT2D eigenvalue weighted by molar-refractivity contribution is -0.115. The molecule has 1 aromatic carbocycles. The molecular formula is C25H35N5O. The third-order valence-corrected chi connectivity index (χ3v) is 6.27. The molecule has 2 aromatic rings. The molecule has 1 aromatic heterocycles. The molecule has 1 amide bonds. The van der Waals surface area contributed by atoms with E-state index in [1.165, 1.54) is 36.2 Å². The number of anilines is 3. The van der Waals surface area contributed by atoms with E-state index in [0.29, 0.717) is 12.2 Å². The van der Waals surface area contributed by atoms with Gasteiger partial charge in [-0.3, -0.25) is 9.69 Å². The van der Waals surface area contributed by atoms with Gasteiger partial charge in [0.05, 0.1) is 0 Å². The van der Waals surface area contributed by atoms with Crippen molar-refractivity contribution in [1.82, 2.24) is 14.8 Å². The Kier molecular flexibility index (Phi) is 6.88. The van der Waals surface area contributed by atoms with E-state index in [9.17, 15) is 4.79 Å². The van der Waals surface area contributed by atoms with Crippen molar-refractivity contribution < 1.29 is 4.79 Å². The summed E-state index contributed by atoms with van der Waals surface area (Å²) in [6.45, 7) is 6.17. The van der Waals surface area contributed by atoms with Gasteiger partial charge in [-0.15, -0.1) is 0 Å². The van der Waals surface area contributed by atoms with Gasteiger partial charge in [-0.1, -0.05) is 19.1 Å². The first-order chi connectivity index (χ1) is 15.0. The highest BCUT2D eigenvalue weighted by molar-refractivity contribution is 5.91. The number of amides is 1. The van der Waals surface area contributed by atoms with Crippen molar-refractivity contribution in [2.45, 2.75) is 45.6 Å². The van der Waals surface area contributed by atoms with Crippen LogP contribution in [-0.2, 0) is 24.2 Å². The molecule has 1 aliphatic carbocycles. The number of hydrogen-bond acceptors (Lipinski definition) is 5. The Morgan fingerprint density at radius 1 is 1.23 bits per heavy atom. The molecule has 31 heavy (non-hydrogen) atoms. The summed E-state index contributed by atoms with van der Waals surface area (Å²) in [6.07, 6.45) is 6.91. The maximum atomic E-state index is 12.1. The van der Waals surface area contributed by atoms with Gasteiger partial charge in [0, 0.05) is 55.7 Å². The maximum absolute atomic E-state index is 12.1. The van der Waals surface area contributed by atoms with E-state index >= 15 is 0 Å². The summed E-state index contributed by atoms with van der Waals surface area (Å²) in [7, 11) is 4.13. The van der Waals surface area contributed by atoms with E-state index in [0.717, 1.165) is 49.6 Å². The minimum Gasteiger partial charge on any atom is -0.355 e. The lowest BCUT2D eigenvalue weighted by Crippen LogP contribution is -2.32. The van der Waals surface area contributed by atoms with Gasteiger partial charge in [-0.25, -0.2) is 4.98 Å². The van der Waals surface area contributed by atoms with Crippen LogP contribution >= 0.6 is 0 Å². The molecule has 0 atom stereocenters. The molecule has 0 spiro atoms. The highest BCUT2D eigenvalue weighted by Gasteiger charge is 2.27. The van der Waals surface area contributed by atoms with Gasteiger partial charge in [0.1, 0.15) is 5.82 Å². The second-order valence-corrected chi connectivity index (χ2v) is 9.14. The fraction of sp³-hybridized carbons (Fsp3) is 0.520. The van der Waals surface area contributed by atoms with Crippen LogP contribution in [0.4, 0.5) is 17.2 Å². The van der Waals surface area contributed by atoms with Crippen LogP contribution < -0.4 is 10.6 Å². The molecular weight excluding hydrogens is 386 g/mol. The van der Waals surface area contributed by atoms with Crippen LogP contribution in [0.25, 0.3) is 0 Å². The number of aromatic nitrogens is 1. The largest absolute Gasteiger partial charge is 0.355 e. The molecule has 6 nitrogen and oxygen atoms in total. The molecule has 2 aliphatic rings. The summed E-state index contributed by atoms with van der Waals surface area (Å²) < 4.78 is 0. The number of rotatable bonds is 9. The number of carbonyl (C=O) groups excluding carboxylic acids is 1. The fourth-order valence-electron chi connectivity index (χ4n) is 4.28. The number of benzene rings is 1. The van der Waals surface area contributed by atoms with Crippen molar-refractivity contribution in [3.63, 3.8) is 0 Å². The van der Waals surface area contributed by atoms with Crippen LogP contribution in [0, 0.1) is 5.92 Å². The Balaban J connectivity index is 1.58. The highest BCUT2D eigenvalue weighted by Crippen LogP contribution is 2.34. The number of pyridine rings is 1. The number of fused-ring (bicyclic) bond motifs is 1. The predicted octanol–water partition coefficient (Wildman–Crippen LogP) is 4.05. The van der Waals surface area contributed by atoms with E-state index in [2.05, 4.69) is 57.7 Å². The standard InChI is InChI=1S/C25H35N5O/c1-4-24(31)28-25-21(11-14-29(2)3)23(10-13-26-25)27-22-7-5-6-19-17-30(15-12-20(19)22)16-18-8-9-18/h5-7,10,13,18H,4,8-9,11-12,14-17H2,1-3H3,(H2,26,27,28,31).